The monoisotopic (exact) mass is 446 g/mol. The molecule has 32 heavy (non-hydrogen) atoms. The highest BCUT2D eigenvalue weighted by Gasteiger charge is 2.33. The zero-order valence-corrected chi connectivity index (χ0v) is 19.6. The van der Waals surface area contributed by atoms with Gasteiger partial charge in [0, 0.05) is 0 Å². The fourth-order valence-corrected chi connectivity index (χ4v) is 4.79. The van der Waals surface area contributed by atoms with Crippen LogP contribution in [0.15, 0.2) is 84.9 Å². The number of phosphoric acid groups is 1. The molecule has 1 unspecified atom stereocenters. The van der Waals surface area contributed by atoms with Crippen LogP contribution in [0.5, 0.6) is 17.2 Å². The third-order valence-electron chi connectivity index (χ3n) is 5.11. The smallest absolute Gasteiger partial charge is 0.386 e. The molecule has 4 aromatic rings. The molecular formula is C27H27O4P. The molecule has 0 aliphatic carbocycles. The van der Waals surface area contributed by atoms with Gasteiger partial charge in [-0.15, -0.1) is 0 Å². The van der Waals surface area contributed by atoms with E-state index < -0.39 is 7.82 Å². The van der Waals surface area contributed by atoms with Gasteiger partial charge in [-0.05, 0) is 83.6 Å². The summed E-state index contributed by atoms with van der Waals surface area (Å²) in [6.07, 6.45) is 0. The predicted molar refractivity (Wildman–Crippen MR) is 130 cm³/mol. The van der Waals surface area contributed by atoms with Crippen molar-refractivity contribution in [2.75, 3.05) is 0 Å². The molecule has 5 heteroatoms. The van der Waals surface area contributed by atoms with Crippen molar-refractivity contribution in [3.63, 3.8) is 0 Å². The van der Waals surface area contributed by atoms with Crippen LogP contribution in [0.25, 0.3) is 10.8 Å². The van der Waals surface area contributed by atoms with E-state index in [1.54, 1.807) is 18.2 Å². The molecule has 0 amide bonds. The van der Waals surface area contributed by atoms with Crippen molar-refractivity contribution in [3.8, 4) is 17.2 Å². The fraction of sp³-hybridized carbons (Fsp3) is 0.185. The Morgan fingerprint density at radius 3 is 1.84 bits per heavy atom. The Labute approximate surface area is 189 Å². The van der Waals surface area contributed by atoms with Crippen LogP contribution in [0.1, 0.15) is 36.5 Å². The number of fused-ring (bicyclic) bond motifs is 1. The summed E-state index contributed by atoms with van der Waals surface area (Å²) in [6.45, 7) is 8.15. The van der Waals surface area contributed by atoms with Gasteiger partial charge in [0.15, 0.2) is 0 Å². The number of benzene rings is 4. The van der Waals surface area contributed by atoms with E-state index in [2.05, 4.69) is 13.8 Å². The summed E-state index contributed by atoms with van der Waals surface area (Å²) in [5, 5.41) is 2.04. The summed E-state index contributed by atoms with van der Waals surface area (Å²) in [7, 11) is -4.04. The molecule has 4 rings (SSSR count). The maximum absolute atomic E-state index is 13.8. The predicted octanol–water partition coefficient (Wildman–Crippen LogP) is 8.22. The minimum Gasteiger partial charge on any atom is -0.386 e. The number of aryl methyl sites for hydroxylation is 2. The van der Waals surface area contributed by atoms with E-state index in [0.717, 1.165) is 27.5 Å². The summed E-state index contributed by atoms with van der Waals surface area (Å²) in [4.78, 5) is 0. The molecule has 0 aliphatic rings. The van der Waals surface area contributed by atoms with E-state index in [1.807, 2.05) is 80.6 Å². The zero-order chi connectivity index (χ0) is 22.7. The molecule has 0 N–H and O–H groups in total. The minimum atomic E-state index is -4.04. The van der Waals surface area contributed by atoms with E-state index in [1.165, 1.54) is 0 Å². The van der Waals surface area contributed by atoms with Gasteiger partial charge in [-0.2, -0.15) is 4.57 Å². The molecule has 0 aliphatic heterocycles. The van der Waals surface area contributed by atoms with Crippen molar-refractivity contribution in [2.24, 2.45) is 0 Å². The highest BCUT2D eigenvalue weighted by atomic mass is 31.2. The third kappa shape index (κ3) is 5.33. The van der Waals surface area contributed by atoms with Gasteiger partial charge < -0.3 is 13.6 Å². The van der Waals surface area contributed by atoms with Crippen molar-refractivity contribution in [1.82, 2.24) is 0 Å². The van der Waals surface area contributed by atoms with E-state index in [4.69, 9.17) is 13.6 Å². The number of rotatable bonds is 7. The number of hydrogen-bond donors (Lipinski definition) is 0. The van der Waals surface area contributed by atoms with Crippen molar-refractivity contribution >= 4 is 18.6 Å². The molecular weight excluding hydrogens is 419 g/mol. The molecule has 0 saturated heterocycles. The van der Waals surface area contributed by atoms with Gasteiger partial charge in [-0.1, -0.05) is 62.4 Å². The molecule has 4 aromatic carbocycles. The average Bonchev–Trinajstić information content (AvgIpc) is 2.73. The standard InChI is InChI=1S/C27H27O4P/c1-19(2)22-9-12-25(13-10-22)29-32(28,31-27-16-20(3)15-21(4)17-27)30-26-14-11-23-7-5-6-8-24(23)18-26/h5-19H,1-4H3. The van der Waals surface area contributed by atoms with Crippen molar-refractivity contribution in [1.29, 1.82) is 0 Å². The largest absolute Gasteiger partial charge is 0.647 e. The first-order valence-corrected chi connectivity index (χ1v) is 12.1. The summed E-state index contributed by atoms with van der Waals surface area (Å²) >= 11 is 0. The fourth-order valence-electron chi connectivity index (χ4n) is 3.57. The van der Waals surface area contributed by atoms with Gasteiger partial charge in [0.2, 0.25) is 0 Å². The van der Waals surface area contributed by atoms with Gasteiger partial charge in [0.1, 0.15) is 17.2 Å². The Kier molecular flexibility index (Phi) is 6.25. The molecule has 0 aromatic heterocycles. The topological polar surface area (TPSA) is 44.8 Å². The lowest BCUT2D eigenvalue weighted by Gasteiger charge is -2.20. The summed E-state index contributed by atoms with van der Waals surface area (Å²) < 4.78 is 31.4. The van der Waals surface area contributed by atoms with Crippen molar-refractivity contribution in [3.05, 3.63) is 102 Å². The maximum atomic E-state index is 13.8. The van der Waals surface area contributed by atoms with Crippen LogP contribution >= 0.6 is 7.82 Å². The summed E-state index contributed by atoms with van der Waals surface area (Å²) in [5.74, 6) is 1.65. The van der Waals surface area contributed by atoms with E-state index >= 15 is 0 Å². The molecule has 0 radical (unpaired) electrons. The Morgan fingerprint density at radius 1 is 0.625 bits per heavy atom. The van der Waals surface area contributed by atoms with Crippen molar-refractivity contribution in [2.45, 2.75) is 33.6 Å². The minimum absolute atomic E-state index is 0.385. The number of phosphoric ester groups is 1. The van der Waals surface area contributed by atoms with Crippen LogP contribution in [0.2, 0.25) is 0 Å². The summed E-state index contributed by atoms with van der Waals surface area (Å²) in [6, 6.07) is 26.6. The van der Waals surface area contributed by atoms with Crippen LogP contribution in [0, 0.1) is 13.8 Å². The van der Waals surface area contributed by atoms with Crippen LogP contribution in [-0.4, -0.2) is 0 Å². The highest BCUT2D eigenvalue weighted by molar-refractivity contribution is 7.49. The van der Waals surface area contributed by atoms with Gasteiger partial charge in [0.25, 0.3) is 0 Å². The van der Waals surface area contributed by atoms with Crippen LogP contribution in [-0.2, 0) is 4.57 Å². The second kappa shape index (κ2) is 9.10. The van der Waals surface area contributed by atoms with Crippen LogP contribution in [0.4, 0.5) is 0 Å². The Hall–Kier alpha value is -3.23. The molecule has 0 bridgehead atoms. The molecule has 0 fully saturated rings. The Balaban J connectivity index is 1.67. The lowest BCUT2D eigenvalue weighted by Crippen LogP contribution is -2.08. The van der Waals surface area contributed by atoms with E-state index in [-0.39, 0.29) is 0 Å². The van der Waals surface area contributed by atoms with Gasteiger partial charge in [-0.3, -0.25) is 0 Å². The highest BCUT2D eigenvalue weighted by Crippen LogP contribution is 2.50. The summed E-state index contributed by atoms with van der Waals surface area (Å²) in [5.41, 5.74) is 3.16. The zero-order valence-electron chi connectivity index (χ0n) is 18.7. The average molecular weight is 446 g/mol. The first kappa shape index (κ1) is 22.0. The second-order valence-corrected chi connectivity index (χ2v) is 9.72. The van der Waals surface area contributed by atoms with Crippen LogP contribution in [0.3, 0.4) is 0 Å². The number of hydrogen-bond acceptors (Lipinski definition) is 4. The third-order valence-corrected chi connectivity index (χ3v) is 6.42. The molecule has 164 valence electrons. The molecule has 0 spiro atoms. The first-order valence-electron chi connectivity index (χ1n) is 10.7. The molecule has 4 nitrogen and oxygen atoms in total. The normalized spacial score (nSPS) is 13.0. The maximum Gasteiger partial charge on any atom is 0.647 e. The van der Waals surface area contributed by atoms with E-state index in [9.17, 15) is 4.57 Å². The van der Waals surface area contributed by atoms with Gasteiger partial charge in [0.05, 0.1) is 0 Å². The van der Waals surface area contributed by atoms with Gasteiger partial charge in [-0.25, -0.2) is 0 Å². The molecule has 0 saturated carbocycles. The Bertz CT molecular complexity index is 1260. The van der Waals surface area contributed by atoms with Gasteiger partial charge >= 0.3 is 7.82 Å². The quantitative estimate of drug-likeness (QED) is 0.268. The van der Waals surface area contributed by atoms with E-state index in [0.29, 0.717) is 23.2 Å². The first-order chi connectivity index (χ1) is 15.3. The molecule has 0 heterocycles. The lowest BCUT2D eigenvalue weighted by molar-refractivity contribution is 0.298. The lowest BCUT2D eigenvalue weighted by atomic mass is 10.0. The molecule has 1 atom stereocenters. The van der Waals surface area contributed by atoms with Crippen LogP contribution < -0.4 is 13.6 Å². The Morgan fingerprint density at radius 2 is 1.19 bits per heavy atom. The SMILES string of the molecule is Cc1cc(C)cc(OP(=O)(Oc2ccc(C(C)C)cc2)Oc2ccc3ccccc3c2)c1. The second-order valence-electron chi connectivity index (χ2n) is 8.28. The van der Waals surface area contributed by atoms with Crippen molar-refractivity contribution < 1.29 is 18.1 Å².